The van der Waals surface area contributed by atoms with Crippen molar-refractivity contribution >= 4 is 27.6 Å². The lowest BCUT2D eigenvalue weighted by molar-refractivity contribution is 0.670. The predicted octanol–water partition coefficient (Wildman–Crippen LogP) is 10.5. The summed E-state index contributed by atoms with van der Waals surface area (Å²) in [6, 6.07) is 47.2. The van der Waals surface area contributed by atoms with Gasteiger partial charge < -0.3 is 4.42 Å². The highest BCUT2D eigenvalue weighted by Crippen LogP contribution is 2.43. The summed E-state index contributed by atoms with van der Waals surface area (Å²) in [7, 11) is 0. The van der Waals surface area contributed by atoms with Crippen molar-refractivity contribution in [2.24, 2.45) is 0 Å². The van der Waals surface area contributed by atoms with Crippen LogP contribution in [0.1, 0.15) is 5.56 Å². The molecule has 0 saturated heterocycles. The van der Waals surface area contributed by atoms with Crippen molar-refractivity contribution < 1.29 is 4.42 Å². The van der Waals surface area contributed by atoms with E-state index in [1.54, 1.807) is 6.07 Å². The zero-order valence-electron chi connectivity index (χ0n) is 24.9. The van der Waals surface area contributed by atoms with E-state index >= 15 is 0 Å². The van der Waals surface area contributed by atoms with Crippen LogP contribution in [0.25, 0.3) is 83.2 Å². The smallest absolute Gasteiger partial charge is 0.195 e. The van der Waals surface area contributed by atoms with Crippen molar-refractivity contribution in [1.29, 1.82) is 5.26 Å². The number of benzene rings is 6. The number of furan rings is 1. The molecule has 0 aliphatic carbocycles. The van der Waals surface area contributed by atoms with Crippen molar-refractivity contribution in [1.82, 2.24) is 15.0 Å². The molecule has 0 saturated carbocycles. The zero-order chi connectivity index (χ0) is 31.7. The number of nitriles is 1. The Morgan fingerprint density at radius 1 is 0.532 bits per heavy atom. The standard InChI is InChI=1S/C41H23N5O/c1-43-36-19-11-10-18-32(36)34-22-30(31-17-9-8-16-29(31)25-42)23-35-33-21-20-28(24-37(33)47-38(34)35)41-45-39(26-12-4-2-5-13-26)44-40(46-41)27-14-6-3-7-15-27/h2-24H. The van der Waals surface area contributed by atoms with E-state index in [4.69, 9.17) is 25.9 Å². The summed E-state index contributed by atoms with van der Waals surface area (Å²) in [4.78, 5) is 18.4. The van der Waals surface area contributed by atoms with Crippen LogP contribution in [-0.2, 0) is 0 Å². The maximum atomic E-state index is 9.89. The Morgan fingerprint density at radius 3 is 1.79 bits per heavy atom. The van der Waals surface area contributed by atoms with E-state index in [-0.39, 0.29) is 0 Å². The molecule has 0 radical (unpaired) electrons. The average Bonchev–Trinajstić information content (AvgIpc) is 3.53. The van der Waals surface area contributed by atoms with Crippen LogP contribution in [0.5, 0.6) is 0 Å². The van der Waals surface area contributed by atoms with Gasteiger partial charge >= 0.3 is 0 Å². The van der Waals surface area contributed by atoms with Crippen LogP contribution >= 0.6 is 0 Å². The molecule has 0 N–H and O–H groups in total. The number of hydrogen-bond acceptors (Lipinski definition) is 5. The number of fused-ring (bicyclic) bond motifs is 3. The second-order valence-corrected chi connectivity index (χ2v) is 11.0. The largest absolute Gasteiger partial charge is 0.455 e. The van der Waals surface area contributed by atoms with Crippen molar-refractivity contribution in [2.45, 2.75) is 0 Å². The highest BCUT2D eigenvalue weighted by molar-refractivity contribution is 6.13. The Bertz CT molecular complexity index is 2480. The molecular weight excluding hydrogens is 578 g/mol. The molecule has 0 fully saturated rings. The number of nitrogens with zero attached hydrogens (tertiary/aromatic N) is 5. The Labute approximate surface area is 270 Å². The van der Waals surface area contributed by atoms with Crippen LogP contribution < -0.4 is 0 Å². The number of rotatable bonds is 5. The first-order chi connectivity index (χ1) is 23.2. The summed E-state index contributed by atoms with van der Waals surface area (Å²) in [6.45, 7) is 7.85. The molecule has 2 aromatic heterocycles. The highest BCUT2D eigenvalue weighted by Gasteiger charge is 2.19. The number of para-hydroxylation sites is 1. The lowest BCUT2D eigenvalue weighted by Gasteiger charge is -2.10. The third kappa shape index (κ3) is 4.97. The first-order valence-corrected chi connectivity index (χ1v) is 15.0. The zero-order valence-corrected chi connectivity index (χ0v) is 24.9. The van der Waals surface area contributed by atoms with Gasteiger partial charge in [-0.3, -0.25) is 0 Å². The van der Waals surface area contributed by atoms with E-state index in [0.717, 1.165) is 49.7 Å². The molecule has 0 unspecified atom stereocenters. The summed E-state index contributed by atoms with van der Waals surface area (Å²) in [6.07, 6.45) is 0. The minimum absolute atomic E-state index is 0.521. The van der Waals surface area contributed by atoms with Gasteiger partial charge in [0.2, 0.25) is 0 Å². The van der Waals surface area contributed by atoms with E-state index in [1.165, 1.54) is 0 Å². The quantitative estimate of drug-likeness (QED) is 0.183. The van der Waals surface area contributed by atoms with E-state index in [9.17, 15) is 5.26 Å². The molecule has 47 heavy (non-hydrogen) atoms. The highest BCUT2D eigenvalue weighted by atomic mass is 16.3. The third-order valence-corrected chi connectivity index (χ3v) is 8.20. The van der Waals surface area contributed by atoms with Gasteiger partial charge in [-0.25, -0.2) is 19.8 Å². The van der Waals surface area contributed by atoms with Gasteiger partial charge in [0.15, 0.2) is 23.2 Å². The molecule has 6 heteroatoms. The van der Waals surface area contributed by atoms with E-state index < -0.39 is 0 Å². The number of aromatic nitrogens is 3. The van der Waals surface area contributed by atoms with Crippen LogP contribution in [-0.4, -0.2) is 15.0 Å². The van der Waals surface area contributed by atoms with E-state index in [1.807, 2.05) is 127 Å². The van der Waals surface area contributed by atoms with Gasteiger partial charge in [-0.2, -0.15) is 5.26 Å². The van der Waals surface area contributed by atoms with Crippen molar-refractivity contribution in [3.8, 4) is 62.5 Å². The minimum atomic E-state index is 0.521. The minimum Gasteiger partial charge on any atom is -0.455 e. The molecule has 0 bridgehead atoms. The second kappa shape index (κ2) is 11.6. The average molecular weight is 602 g/mol. The second-order valence-electron chi connectivity index (χ2n) is 11.0. The summed E-state index contributed by atoms with van der Waals surface area (Å²) in [5.41, 5.74) is 8.23. The molecule has 0 aliphatic heterocycles. The summed E-state index contributed by atoms with van der Waals surface area (Å²) >= 11 is 0. The predicted molar refractivity (Wildman–Crippen MR) is 185 cm³/mol. The molecule has 0 spiro atoms. The maximum absolute atomic E-state index is 9.89. The van der Waals surface area contributed by atoms with E-state index in [2.05, 4.69) is 17.0 Å². The summed E-state index contributed by atoms with van der Waals surface area (Å²) in [5, 5.41) is 11.7. The van der Waals surface area contributed by atoms with Crippen molar-refractivity contribution in [2.75, 3.05) is 0 Å². The fourth-order valence-corrected chi connectivity index (χ4v) is 5.94. The molecule has 0 amide bonds. The first-order valence-electron chi connectivity index (χ1n) is 15.0. The van der Waals surface area contributed by atoms with Crippen LogP contribution in [0.3, 0.4) is 0 Å². The van der Waals surface area contributed by atoms with E-state index in [0.29, 0.717) is 39.9 Å². The lowest BCUT2D eigenvalue weighted by Crippen LogP contribution is -2.00. The molecule has 218 valence electrons. The lowest BCUT2D eigenvalue weighted by atomic mass is 9.93. The SMILES string of the molecule is [C-]#[N+]c1ccccc1-c1cc(-c2ccccc2C#N)cc2c1oc1cc(-c3nc(-c4ccccc4)nc(-c4ccccc4)n3)ccc12. The summed E-state index contributed by atoms with van der Waals surface area (Å²) in [5.74, 6) is 1.69. The Hall–Kier alpha value is -6.89. The Balaban J connectivity index is 1.36. The molecule has 0 atom stereocenters. The van der Waals surface area contributed by atoms with Gasteiger partial charge in [0, 0.05) is 33.0 Å². The molecule has 8 aromatic rings. The van der Waals surface area contributed by atoms with Gasteiger partial charge in [0.1, 0.15) is 11.2 Å². The van der Waals surface area contributed by atoms with Gasteiger partial charge in [0.25, 0.3) is 0 Å². The topological polar surface area (TPSA) is 80.0 Å². The first kappa shape index (κ1) is 27.6. The van der Waals surface area contributed by atoms with Gasteiger partial charge in [0.05, 0.1) is 18.2 Å². The van der Waals surface area contributed by atoms with Crippen molar-refractivity contribution in [3.63, 3.8) is 0 Å². The van der Waals surface area contributed by atoms with Gasteiger partial charge in [-0.05, 0) is 47.0 Å². The Kier molecular flexibility index (Phi) is 6.80. The normalized spacial score (nSPS) is 10.9. The molecule has 8 rings (SSSR count). The molecule has 2 heterocycles. The summed E-state index contributed by atoms with van der Waals surface area (Å²) < 4.78 is 6.64. The van der Waals surface area contributed by atoms with Crippen LogP contribution in [0.15, 0.2) is 144 Å². The number of hydrogen-bond donors (Lipinski definition) is 0. The molecule has 6 aromatic carbocycles. The fourth-order valence-electron chi connectivity index (χ4n) is 5.94. The van der Waals surface area contributed by atoms with Gasteiger partial charge in [-0.1, -0.05) is 109 Å². The fraction of sp³-hybridized carbons (Fsp3) is 0. The van der Waals surface area contributed by atoms with Crippen LogP contribution in [0.2, 0.25) is 0 Å². The molecule has 6 nitrogen and oxygen atoms in total. The third-order valence-electron chi connectivity index (χ3n) is 8.20. The van der Waals surface area contributed by atoms with Crippen LogP contribution in [0.4, 0.5) is 5.69 Å². The molecule has 0 aliphatic rings. The Morgan fingerprint density at radius 2 is 1.13 bits per heavy atom. The molecular formula is C41H23N5O. The van der Waals surface area contributed by atoms with Crippen molar-refractivity contribution in [3.05, 3.63) is 157 Å². The van der Waals surface area contributed by atoms with Gasteiger partial charge in [-0.15, -0.1) is 0 Å². The monoisotopic (exact) mass is 601 g/mol. The maximum Gasteiger partial charge on any atom is 0.195 e. The van der Waals surface area contributed by atoms with Crippen LogP contribution in [0, 0.1) is 17.9 Å².